The first-order valence-electron chi connectivity index (χ1n) is 3.75. The molecule has 0 saturated heterocycles. The molecule has 0 saturated carbocycles. The first kappa shape index (κ1) is 11.7. The van der Waals surface area contributed by atoms with Crippen molar-refractivity contribution in [3.63, 3.8) is 0 Å². The minimum Gasteiger partial charge on any atom is -0.444 e. The van der Waals surface area contributed by atoms with Crippen molar-refractivity contribution in [1.82, 2.24) is 16.6 Å². The Hall–Kier alpha value is -1.30. The fourth-order valence-electron chi connectivity index (χ4n) is 0.506. The van der Waals surface area contributed by atoms with Crippen LogP contribution in [0.15, 0.2) is 0 Å². The molecule has 74 valence electrons. The number of carbonyl (C=O) groups is 2. The predicted molar refractivity (Wildman–Crippen MR) is 44.5 cm³/mol. The van der Waals surface area contributed by atoms with Crippen molar-refractivity contribution in [2.24, 2.45) is 0 Å². The van der Waals surface area contributed by atoms with Crippen molar-refractivity contribution < 1.29 is 14.3 Å². The van der Waals surface area contributed by atoms with Gasteiger partial charge in [0.2, 0.25) is 0 Å². The summed E-state index contributed by atoms with van der Waals surface area (Å²) in [4.78, 5) is 21.3. The van der Waals surface area contributed by atoms with Gasteiger partial charge in [0.1, 0.15) is 12.1 Å². The Morgan fingerprint density at radius 2 is 1.92 bits per heavy atom. The van der Waals surface area contributed by atoms with Crippen molar-refractivity contribution in [1.29, 1.82) is 0 Å². The van der Waals surface area contributed by atoms with Crippen LogP contribution in [-0.2, 0) is 9.53 Å². The number of hydrogen-bond acceptors (Lipinski definition) is 3. The maximum Gasteiger partial charge on any atom is 0.408 e. The smallest absolute Gasteiger partial charge is 0.408 e. The zero-order valence-corrected chi connectivity index (χ0v) is 7.88. The highest BCUT2D eigenvalue weighted by Gasteiger charge is 2.16. The van der Waals surface area contributed by atoms with E-state index in [-0.39, 0.29) is 6.54 Å². The third kappa shape index (κ3) is 7.07. The van der Waals surface area contributed by atoms with Crippen molar-refractivity contribution in [3.05, 3.63) is 0 Å². The van der Waals surface area contributed by atoms with E-state index >= 15 is 0 Å². The molecule has 6 nitrogen and oxygen atoms in total. The summed E-state index contributed by atoms with van der Waals surface area (Å²) in [6.45, 7) is 4.81. The van der Waals surface area contributed by atoms with E-state index in [1.165, 1.54) is 5.43 Å². The highest BCUT2D eigenvalue weighted by atomic mass is 16.6. The van der Waals surface area contributed by atoms with E-state index < -0.39 is 17.6 Å². The lowest BCUT2D eigenvalue weighted by Crippen LogP contribution is -2.39. The maximum absolute atomic E-state index is 10.9. The molecule has 0 aliphatic heterocycles. The summed E-state index contributed by atoms with van der Waals surface area (Å²) >= 11 is 0. The molecule has 0 atom stereocenters. The monoisotopic (exact) mass is 187 g/mol. The molecule has 0 aromatic rings. The summed E-state index contributed by atoms with van der Waals surface area (Å²) in [6.07, 6.45) is -0.698. The number of nitrogens with one attached hydrogen (secondary N) is 2. The number of carbonyl (C=O) groups excluding carboxylic acids is 2. The normalized spacial score (nSPS) is 10.5. The lowest BCUT2D eigenvalue weighted by molar-refractivity contribution is -0.120. The first-order chi connectivity index (χ1) is 5.85. The fraction of sp³-hybridized carbons (Fsp3) is 0.714. The average molecular weight is 187 g/mol. The molecular weight excluding hydrogens is 174 g/mol. The highest BCUT2D eigenvalue weighted by molar-refractivity contribution is 5.81. The topological polar surface area (TPSA) is 89.7 Å². The van der Waals surface area contributed by atoms with Crippen molar-refractivity contribution in [3.8, 4) is 0 Å². The van der Waals surface area contributed by atoms with E-state index in [4.69, 9.17) is 10.6 Å². The summed E-state index contributed by atoms with van der Waals surface area (Å²) in [7, 11) is 0. The molecule has 0 aromatic heterocycles. The first-order valence-corrected chi connectivity index (χ1v) is 3.75. The van der Waals surface area contributed by atoms with Gasteiger partial charge < -0.3 is 10.1 Å². The molecule has 0 unspecified atom stereocenters. The standard InChI is InChI=1S/C7H13N3O3/c1-7(2,3)13-6(12)9-4-5(11)10-8/h4H2,1-3H3,(H,9,12)(H,10,11). The van der Waals surface area contributed by atoms with E-state index in [0.717, 1.165) is 0 Å². The van der Waals surface area contributed by atoms with Gasteiger partial charge in [-0.15, -0.1) is 0 Å². The van der Waals surface area contributed by atoms with Crippen LogP contribution >= 0.6 is 0 Å². The van der Waals surface area contributed by atoms with Gasteiger partial charge in [-0.25, -0.2) is 4.79 Å². The third-order valence-electron chi connectivity index (χ3n) is 0.917. The van der Waals surface area contributed by atoms with Crippen LogP contribution in [0.5, 0.6) is 0 Å². The van der Waals surface area contributed by atoms with E-state index in [9.17, 15) is 9.59 Å². The minimum absolute atomic E-state index is 0.314. The second-order valence-electron chi connectivity index (χ2n) is 3.39. The van der Waals surface area contributed by atoms with Gasteiger partial charge in [-0.3, -0.25) is 10.2 Å². The Bertz CT molecular complexity index is 198. The molecular formula is C7H13N3O3. The van der Waals surface area contributed by atoms with Gasteiger partial charge >= 0.3 is 6.09 Å². The largest absolute Gasteiger partial charge is 0.444 e. The SMILES string of the molecule is CC(C)(C)OC(=O)NCC(=O)N[N]. The Kier molecular flexibility index (Phi) is 4.19. The van der Waals surface area contributed by atoms with E-state index in [2.05, 4.69) is 5.32 Å². The number of amides is 2. The molecule has 0 heterocycles. The maximum atomic E-state index is 10.9. The summed E-state index contributed by atoms with van der Waals surface area (Å²) in [5.41, 5.74) is 0.777. The number of hydrogen-bond donors (Lipinski definition) is 2. The van der Waals surface area contributed by atoms with Crippen molar-refractivity contribution in [2.45, 2.75) is 26.4 Å². The zero-order valence-electron chi connectivity index (χ0n) is 7.88. The van der Waals surface area contributed by atoms with Crippen LogP contribution in [0, 0.1) is 0 Å². The van der Waals surface area contributed by atoms with Gasteiger partial charge in [0.25, 0.3) is 5.91 Å². The second-order valence-corrected chi connectivity index (χ2v) is 3.39. The summed E-state index contributed by atoms with van der Waals surface area (Å²) < 4.78 is 4.82. The molecule has 2 radical (unpaired) electrons. The number of nitrogens with zero attached hydrogens (tertiary/aromatic N) is 1. The Morgan fingerprint density at radius 3 is 2.31 bits per heavy atom. The summed E-state index contributed by atoms with van der Waals surface area (Å²) in [5.74, 6) is 7.39. The number of ether oxygens (including phenoxy) is 1. The van der Waals surface area contributed by atoms with Crippen molar-refractivity contribution >= 4 is 12.0 Å². The molecule has 13 heavy (non-hydrogen) atoms. The molecule has 0 aliphatic carbocycles. The molecule has 6 heteroatoms. The Balaban J connectivity index is 3.71. The zero-order chi connectivity index (χ0) is 10.5. The summed E-state index contributed by atoms with van der Waals surface area (Å²) in [5, 5.41) is 2.16. The minimum atomic E-state index is -0.703. The van der Waals surface area contributed by atoms with Crippen LogP contribution < -0.4 is 16.6 Å². The predicted octanol–water partition coefficient (Wildman–Crippen LogP) is -0.389. The lowest BCUT2D eigenvalue weighted by Gasteiger charge is -2.19. The van der Waals surface area contributed by atoms with E-state index in [0.29, 0.717) is 0 Å². The van der Waals surface area contributed by atoms with Gasteiger partial charge in [0.05, 0.1) is 0 Å². The van der Waals surface area contributed by atoms with Crippen LogP contribution in [0.25, 0.3) is 0 Å². The molecule has 0 aliphatic rings. The van der Waals surface area contributed by atoms with Crippen LogP contribution in [-0.4, -0.2) is 24.1 Å². The van der Waals surface area contributed by atoms with Crippen molar-refractivity contribution in [2.75, 3.05) is 6.54 Å². The molecule has 2 N–H and O–H groups in total. The molecule has 0 aromatic carbocycles. The van der Waals surface area contributed by atoms with Gasteiger partial charge in [0, 0.05) is 0 Å². The quantitative estimate of drug-likeness (QED) is 0.577. The van der Waals surface area contributed by atoms with Crippen LogP contribution in [0.2, 0.25) is 0 Å². The third-order valence-corrected chi connectivity index (χ3v) is 0.917. The van der Waals surface area contributed by atoms with Gasteiger partial charge in [-0.05, 0) is 26.6 Å². The average Bonchev–Trinajstić information content (AvgIpc) is 1.97. The molecule has 0 spiro atoms. The summed E-state index contributed by atoms with van der Waals surface area (Å²) in [6, 6.07) is 0. The Labute approximate surface area is 76.8 Å². The Morgan fingerprint density at radius 1 is 1.38 bits per heavy atom. The highest BCUT2D eigenvalue weighted by Crippen LogP contribution is 2.05. The van der Waals surface area contributed by atoms with E-state index in [1.807, 2.05) is 0 Å². The second kappa shape index (κ2) is 4.66. The molecule has 0 fully saturated rings. The number of alkyl carbamates (subject to hydrolysis) is 1. The fourth-order valence-corrected chi connectivity index (χ4v) is 0.506. The van der Waals surface area contributed by atoms with Crippen LogP contribution in [0.4, 0.5) is 4.79 Å². The molecule has 0 bridgehead atoms. The van der Waals surface area contributed by atoms with Gasteiger partial charge in [-0.1, -0.05) is 0 Å². The van der Waals surface area contributed by atoms with Crippen LogP contribution in [0.3, 0.4) is 0 Å². The van der Waals surface area contributed by atoms with E-state index in [1.54, 1.807) is 20.8 Å². The lowest BCUT2D eigenvalue weighted by atomic mass is 10.2. The van der Waals surface area contributed by atoms with Gasteiger partial charge in [0.15, 0.2) is 0 Å². The molecule has 2 amide bonds. The van der Waals surface area contributed by atoms with Crippen LogP contribution in [0.1, 0.15) is 20.8 Å². The number of rotatable bonds is 2. The molecule has 0 rings (SSSR count). The van der Waals surface area contributed by atoms with Gasteiger partial charge in [-0.2, -0.15) is 0 Å².